The fourth-order valence-electron chi connectivity index (χ4n) is 2.08. The molecule has 6 nitrogen and oxygen atoms in total. The van der Waals surface area contributed by atoms with E-state index in [0.717, 1.165) is 0 Å². The lowest BCUT2D eigenvalue weighted by Gasteiger charge is -2.21. The van der Waals surface area contributed by atoms with Gasteiger partial charge in [0.25, 0.3) is 5.91 Å². The molecule has 1 aromatic carbocycles. The number of carbonyl (C=O) groups excluding carboxylic acids is 3. The molecule has 0 aliphatic rings. The van der Waals surface area contributed by atoms with Gasteiger partial charge in [-0.25, -0.2) is 0 Å². The van der Waals surface area contributed by atoms with E-state index in [1.165, 1.54) is 23.3 Å². The highest BCUT2D eigenvalue weighted by Gasteiger charge is 2.22. The van der Waals surface area contributed by atoms with Gasteiger partial charge in [-0.1, -0.05) is 24.3 Å². The Labute approximate surface area is 144 Å². The molecule has 0 fully saturated rings. The van der Waals surface area contributed by atoms with E-state index >= 15 is 0 Å². The number of hydrogen-bond acceptors (Lipinski definition) is 4. The van der Waals surface area contributed by atoms with Crippen LogP contribution < -0.4 is 10.6 Å². The number of carbonyl (C=O) groups is 3. The zero-order valence-corrected chi connectivity index (χ0v) is 14.3. The van der Waals surface area contributed by atoms with Gasteiger partial charge in [-0.2, -0.15) is 0 Å². The number of likely N-dealkylation sites (N-methyl/N-ethyl adjacent to an activating group) is 1. The number of anilines is 1. The van der Waals surface area contributed by atoms with Gasteiger partial charge in [-0.05, 0) is 30.5 Å². The molecule has 126 valence electrons. The highest BCUT2D eigenvalue weighted by Crippen LogP contribution is 2.09. The molecule has 1 heterocycles. The van der Waals surface area contributed by atoms with Crippen LogP contribution in [0.4, 0.5) is 5.69 Å². The van der Waals surface area contributed by atoms with Gasteiger partial charge < -0.3 is 15.5 Å². The van der Waals surface area contributed by atoms with Crippen LogP contribution in [0.3, 0.4) is 0 Å². The second-order valence-corrected chi connectivity index (χ2v) is 6.23. The van der Waals surface area contributed by atoms with Crippen molar-refractivity contribution in [3.63, 3.8) is 0 Å². The molecule has 1 unspecified atom stereocenters. The molecule has 0 aliphatic carbocycles. The first kappa shape index (κ1) is 17.7. The van der Waals surface area contributed by atoms with E-state index in [-0.39, 0.29) is 24.3 Å². The Morgan fingerprint density at radius 1 is 1.12 bits per heavy atom. The molecule has 0 saturated heterocycles. The highest BCUT2D eigenvalue weighted by molar-refractivity contribution is 7.12. The largest absolute Gasteiger partial charge is 0.340 e. The second kappa shape index (κ2) is 8.26. The summed E-state index contributed by atoms with van der Waals surface area (Å²) in [6.45, 7) is 1.51. The Morgan fingerprint density at radius 3 is 2.46 bits per heavy atom. The van der Waals surface area contributed by atoms with Gasteiger partial charge >= 0.3 is 0 Å². The van der Waals surface area contributed by atoms with Crippen molar-refractivity contribution in [3.8, 4) is 0 Å². The zero-order valence-electron chi connectivity index (χ0n) is 13.5. The third-order valence-electron chi connectivity index (χ3n) is 3.28. The minimum absolute atomic E-state index is 0.0903. The van der Waals surface area contributed by atoms with Gasteiger partial charge in [-0.3, -0.25) is 14.4 Å². The average molecular weight is 345 g/mol. The summed E-state index contributed by atoms with van der Waals surface area (Å²) in [7, 11) is 1.53. The molecule has 0 saturated carbocycles. The Bertz CT molecular complexity index is 701. The second-order valence-electron chi connectivity index (χ2n) is 5.28. The SMILES string of the molecule is CC(NC(=O)c1cccs1)C(=O)N(C)CC(=O)Nc1ccccc1. The van der Waals surface area contributed by atoms with E-state index in [0.29, 0.717) is 10.6 Å². The third kappa shape index (κ3) is 4.92. The Balaban J connectivity index is 1.84. The van der Waals surface area contributed by atoms with Gasteiger partial charge in [0.1, 0.15) is 6.04 Å². The average Bonchev–Trinajstić information content (AvgIpc) is 3.09. The van der Waals surface area contributed by atoms with Gasteiger partial charge in [0, 0.05) is 12.7 Å². The highest BCUT2D eigenvalue weighted by atomic mass is 32.1. The number of nitrogens with one attached hydrogen (secondary N) is 2. The van der Waals surface area contributed by atoms with E-state index in [2.05, 4.69) is 10.6 Å². The fraction of sp³-hybridized carbons (Fsp3) is 0.235. The first-order valence-corrected chi connectivity index (χ1v) is 8.29. The van der Waals surface area contributed by atoms with Crippen molar-refractivity contribution >= 4 is 34.7 Å². The fourth-order valence-corrected chi connectivity index (χ4v) is 2.71. The van der Waals surface area contributed by atoms with Crippen molar-refractivity contribution in [2.24, 2.45) is 0 Å². The minimum Gasteiger partial charge on any atom is -0.340 e. The summed E-state index contributed by atoms with van der Waals surface area (Å²) in [6, 6.07) is 11.8. The molecule has 7 heteroatoms. The minimum atomic E-state index is -0.714. The summed E-state index contributed by atoms with van der Waals surface area (Å²) in [4.78, 5) is 38.0. The van der Waals surface area contributed by atoms with Gasteiger partial charge in [0.05, 0.1) is 11.4 Å². The van der Waals surface area contributed by atoms with Crippen LogP contribution >= 0.6 is 11.3 Å². The van der Waals surface area contributed by atoms with Crippen LogP contribution in [0.1, 0.15) is 16.6 Å². The lowest BCUT2D eigenvalue weighted by atomic mass is 10.2. The number of benzene rings is 1. The van der Waals surface area contributed by atoms with Crippen molar-refractivity contribution in [2.75, 3.05) is 18.9 Å². The molecule has 0 spiro atoms. The smallest absolute Gasteiger partial charge is 0.261 e. The van der Waals surface area contributed by atoms with Gasteiger partial charge in [0.15, 0.2) is 0 Å². The van der Waals surface area contributed by atoms with Crippen LogP contribution in [-0.4, -0.2) is 42.3 Å². The van der Waals surface area contributed by atoms with Crippen molar-refractivity contribution < 1.29 is 14.4 Å². The summed E-state index contributed by atoms with van der Waals surface area (Å²) in [5, 5.41) is 7.14. The van der Waals surface area contributed by atoms with Gasteiger partial charge in [0.2, 0.25) is 11.8 Å². The van der Waals surface area contributed by atoms with Crippen molar-refractivity contribution in [1.82, 2.24) is 10.2 Å². The molecular weight excluding hydrogens is 326 g/mol. The van der Waals surface area contributed by atoms with Crippen LogP contribution in [0.25, 0.3) is 0 Å². The Hall–Kier alpha value is -2.67. The van der Waals surface area contributed by atoms with Crippen LogP contribution in [0.2, 0.25) is 0 Å². The maximum atomic E-state index is 12.3. The molecule has 24 heavy (non-hydrogen) atoms. The maximum absolute atomic E-state index is 12.3. The molecule has 2 rings (SSSR count). The standard InChI is InChI=1S/C17H19N3O3S/c1-12(18-16(22)14-9-6-10-24-14)17(23)20(2)11-15(21)19-13-7-4-3-5-8-13/h3-10,12H,11H2,1-2H3,(H,18,22)(H,19,21). The normalized spacial score (nSPS) is 11.4. The van der Waals surface area contributed by atoms with E-state index in [4.69, 9.17) is 0 Å². The molecule has 1 aromatic heterocycles. The van der Waals surface area contributed by atoms with Gasteiger partial charge in [-0.15, -0.1) is 11.3 Å². The van der Waals surface area contributed by atoms with E-state index in [1.807, 2.05) is 18.2 Å². The monoisotopic (exact) mass is 345 g/mol. The van der Waals surface area contributed by atoms with Crippen molar-refractivity contribution in [1.29, 1.82) is 0 Å². The number of rotatable bonds is 6. The lowest BCUT2D eigenvalue weighted by molar-refractivity contribution is -0.134. The number of thiophene rings is 1. The maximum Gasteiger partial charge on any atom is 0.261 e. The molecule has 2 aromatic rings. The summed E-state index contributed by atoms with van der Waals surface area (Å²) < 4.78 is 0. The topological polar surface area (TPSA) is 78.5 Å². The molecule has 0 radical (unpaired) electrons. The van der Waals surface area contributed by atoms with Crippen LogP contribution in [0, 0.1) is 0 Å². The Kier molecular flexibility index (Phi) is 6.08. The molecule has 0 bridgehead atoms. The van der Waals surface area contributed by atoms with Crippen LogP contribution in [-0.2, 0) is 9.59 Å². The summed E-state index contributed by atoms with van der Waals surface area (Å²) >= 11 is 1.30. The molecule has 0 aliphatic heterocycles. The number of nitrogens with zero attached hydrogens (tertiary/aromatic N) is 1. The van der Waals surface area contributed by atoms with E-state index in [9.17, 15) is 14.4 Å². The van der Waals surface area contributed by atoms with Crippen LogP contribution in [0.15, 0.2) is 47.8 Å². The zero-order chi connectivity index (χ0) is 17.5. The first-order valence-electron chi connectivity index (χ1n) is 7.41. The number of hydrogen-bond donors (Lipinski definition) is 2. The molecule has 2 N–H and O–H groups in total. The number of para-hydroxylation sites is 1. The predicted molar refractivity (Wildman–Crippen MR) is 94.0 cm³/mol. The molecule has 1 atom stereocenters. The molecule has 3 amide bonds. The predicted octanol–water partition coefficient (Wildman–Crippen LogP) is 1.96. The quantitative estimate of drug-likeness (QED) is 0.840. The first-order chi connectivity index (χ1) is 11.5. The summed E-state index contributed by atoms with van der Waals surface area (Å²) in [6.07, 6.45) is 0. The summed E-state index contributed by atoms with van der Waals surface area (Å²) in [5.41, 5.74) is 0.669. The summed E-state index contributed by atoms with van der Waals surface area (Å²) in [5.74, 6) is -0.926. The number of amides is 3. The Morgan fingerprint density at radius 2 is 1.83 bits per heavy atom. The van der Waals surface area contributed by atoms with E-state index in [1.54, 1.807) is 36.6 Å². The molecular formula is C17H19N3O3S. The lowest BCUT2D eigenvalue weighted by Crippen LogP contribution is -2.47. The van der Waals surface area contributed by atoms with Crippen molar-refractivity contribution in [3.05, 3.63) is 52.7 Å². The van der Waals surface area contributed by atoms with Crippen LogP contribution in [0.5, 0.6) is 0 Å². The third-order valence-corrected chi connectivity index (χ3v) is 4.15. The van der Waals surface area contributed by atoms with E-state index < -0.39 is 6.04 Å². The van der Waals surface area contributed by atoms with Crippen molar-refractivity contribution in [2.45, 2.75) is 13.0 Å².